The van der Waals surface area contributed by atoms with Crippen molar-refractivity contribution in [2.75, 3.05) is 34.4 Å². The highest BCUT2D eigenvalue weighted by atomic mass is 16.3. The normalized spacial score (nSPS) is 24.6. The fraction of sp³-hybridized carbons (Fsp3) is 0.618. The number of aliphatic hydroxyl groups is 4. The summed E-state index contributed by atoms with van der Waals surface area (Å²) in [4.78, 5) is 55.4. The van der Waals surface area contributed by atoms with E-state index >= 15 is 0 Å². The fourth-order valence-corrected chi connectivity index (χ4v) is 12.4. The zero-order chi connectivity index (χ0) is 58.0. The third kappa shape index (κ3) is 12.3. The number of amides is 2. The van der Waals surface area contributed by atoms with Gasteiger partial charge < -0.3 is 70.6 Å². The number of nitrogens with zero attached hydrogens (tertiary/aromatic N) is 18. The van der Waals surface area contributed by atoms with E-state index in [0.29, 0.717) is 96.0 Å². The van der Waals surface area contributed by atoms with Gasteiger partial charge in [-0.05, 0) is 105 Å². The molecule has 12 rings (SSSR count). The number of aliphatic hydroxyl groups excluding tert-OH is 4. The number of fused-ring (bicyclic) bond motifs is 2. The van der Waals surface area contributed by atoms with E-state index in [1.165, 1.54) is 11.0 Å². The predicted octanol–water partition coefficient (Wildman–Crippen LogP) is 4.32. The van der Waals surface area contributed by atoms with E-state index in [1.54, 1.807) is 21.9 Å². The van der Waals surface area contributed by atoms with Crippen molar-refractivity contribution in [3.63, 3.8) is 0 Å². The van der Waals surface area contributed by atoms with Gasteiger partial charge in [-0.2, -0.15) is 49.9 Å². The molecular formula is C55H78N24O5. The maximum Gasteiger partial charge on any atom is 0.315 e. The van der Waals surface area contributed by atoms with Crippen LogP contribution in [0.5, 0.6) is 0 Å². The molecule has 0 unspecified atom stereocenters. The first-order valence-corrected chi connectivity index (χ1v) is 29.8. The van der Waals surface area contributed by atoms with Crippen LogP contribution in [0.25, 0.3) is 22.3 Å². The third-order valence-electron chi connectivity index (χ3n) is 17.3. The lowest BCUT2D eigenvalue weighted by Gasteiger charge is -2.32. The maximum absolute atomic E-state index is 13.6. The van der Waals surface area contributed by atoms with Crippen LogP contribution in [-0.4, -0.2) is 164 Å². The van der Waals surface area contributed by atoms with Gasteiger partial charge >= 0.3 is 6.03 Å². The van der Waals surface area contributed by atoms with Crippen molar-refractivity contribution < 1.29 is 25.2 Å². The summed E-state index contributed by atoms with van der Waals surface area (Å²) < 4.78 is 8.13. The van der Waals surface area contributed by atoms with Gasteiger partial charge in [-0.3, -0.25) is 0 Å². The van der Waals surface area contributed by atoms with Crippen LogP contribution in [0.3, 0.4) is 0 Å². The first-order chi connectivity index (χ1) is 40.8. The summed E-state index contributed by atoms with van der Waals surface area (Å²) in [5.74, 6) is 2.13. The van der Waals surface area contributed by atoms with Gasteiger partial charge in [0.05, 0.1) is 74.4 Å². The van der Waals surface area contributed by atoms with Crippen molar-refractivity contribution in [3.8, 4) is 0 Å². The largest absolute Gasteiger partial charge is 0.390 e. The Morgan fingerprint density at radius 3 is 1.54 bits per heavy atom. The van der Waals surface area contributed by atoms with E-state index in [1.807, 2.05) is 25.2 Å². The van der Waals surface area contributed by atoms with E-state index in [-0.39, 0.29) is 55.5 Å². The van der Waals surface area contributed by atoms with Crippen LogP contribution in [0.4, 0.5) is 28.3 Å². The topological polar surface area (TPSA) is 354 Å². The predicted molar refractivity (Wildman–Crippen MR) is 310 cm³/mol. The van der Waals surface area contributed by atoms with Gasteiger partial charge in [0.2, 0.25) is 11.9 Å². The molecule has 0 spiro atoms. The van der Waals surface area contributed by atoms with Gasteiger partial charge in [-0.25, -0.2) is 24.7 Å². The Hall–Kier alpha value is -7.89. The fourth-order valence-electron chi connectivity index (χ4n) is 12.4. The van der Waals surface area contributed by atoms with E-state index in [4.69, 9.17) is 29.9 Å². The minimum absolute atomic E-state index is 0.000332. The molecule has 4 aliphatic rings. The Balaban J connectivity index is 0.658. The molecule has 448 valence electrons. The van der Waals surface area contributed by atoms with E-state index < -0.39 is 24.3 Å². The number of hydrogen-bond donors (Lipinski definition) is 10. The van der Waals surface area contributed by atoms with Crippen molar-refractivity contribution in [1.29, 1.82) is 0 Å². The van der Waals surface area contributed by atoms with Crippen molar-refractivity contribution in [2.24, 2.45) is 0 Å². The molecule has 0 radical (unpaired) electrons. The molecule has 0 aliphatic heterocycles. The molecule has 10 N–H and O–H groups in total. The molecule has 8 aromatic rings. The highest BCUT2D eigenvalue weighted by molar-refractivity contribution is 5.85. The van der Waals surface area contributed by atoms with Crippen LogP contribution in [-0.2, 0) is 26.1 Å². The molecule has 84 heavy (non-hydrogen) atoms. The molecule has 2 amide bonds. The highest BCUT2D eigenvalue weighted by Gasteiger charge is 2.45. The third-order valence-corrected chi connectivity index (χ3v) is 17.3. The molecule has 0 aromatic carbocycles. The van der Waals surface area contributed by atoms with E-state index in [9.17, 15) is 25.2 Å². The molecule has 4 aliphatic carbocycles. The first kappa shape index (κ1) is 56.6. The number of carbonyl (C=O) groups is 1. The number of urea groups is 1. The summed E-state index contributed by atoms with van der Waals surface area (Å²) >= 11 is 0. The van der Waals surface area contributed by atoms with Crippen molar-refractivity contribution in [3.05, 3.63) is 72.9 Å². The van der Waals surface area contributed by atoms with Gasteiger partial charge in [0.1, 0.15) is 29.6 Å². The van der Waals surface area contributed by atoms with Crippen molar-refractivity contribution >= 4 is 51.9 Å². The molecule has 29 nitrogen and oxygen atoms in total. The zero-order valence-corrected chi connectivity index (χ0v) is 48.0. The molecule has 4 fully saturated rings. The Bertz CT molecular complexity index is 3490. The Labute approximate surface area is 484 Å². The summed E-state index contributed by atoms with van der Waals surface area (Å²) in [6.45, 7) is 9.18. The van der Waals surface area contributed by atoms with Crippen LogP contribution >= 0.6 is 0 Å². The van der Waals surface area contributed by atoms with Crippen LogP contribution in [0.15, 0.2) is 50.1 Å². The van der Waals surface area contributed by atoms with E-state index in [0.717, 1.165) is 87.7 Å². The number of rotatable bonds is 22. The standard InChI is InChI=1S/C55H78N24O5/c1-31(2)74-23-37(58-27-74)15-17-56-53-68-49(45-51(70-53)76(29-60-45)41-13-14-42(19-41)78-62-21-39(25-80)72-78)64-33-5-9-35(10-6-33)66-55(84)67-36-11-7-34(8-12-36)65-50-46-52(71-54(69-50)57-18-16-38-24-75(28-59-38)32(3)4)77(30-61-46)43-20-44(48(83)47(43)82)79-63-22-40(26-81)73-79/h21-24,27-36,41-44,47-48,80-83H,5-20,25-26H2,1-4H3,(H2,66,67,84)(H2,56,64,68,70)(H2,57,65,69,71)/t33-,34-,35-,36-,41-,42+,43+,44-,47-,48+/m0/s1. The average molecular weight is 1160 g/mol. The van der Waals surface area contributed by atoms with Gasteiger partial charge in [0, 0.05) is 80.6 Å². The van der Waals surface area contributed by atoms with Crippen molar-refractivity contribution in [1.82, 2.24) is 98.8 Å². The molecule has 8 heterocycles. The minimum atomic E-state index is -1.17. The lowest BCUT2D eigenvalue weighted by molar-refractivity contribution is 0.00491. The second-order valence-corrected chi connectivity index (χ2v) is 23.7. The summed E-state index contributed by atoms with van der Waals surface area (Å²) in [5, 5.41) is 80.1. The summed E-state index contributed by atoms with van der Waals surface area (Å²) in [6, 6.07) is -0.351. The number of hydrogen-bond acceptors (Lipinski definition) is 21. The number of nitrogens with one attached hydrogen (secondary N) is 6. The molecule has 29 heteroatoms. The lowest BCUT2D eigenvalue weighted by atomic mass is 9.90. The Morgan fingerprint density at radius 1 is 0.548 bits per heavy atom. The van der Waals surface area contributed by atoms with Crippen LogP contribution < -0.4 is 31.9 Å². The molecule has 0 bridgehead atoms. The van der Waals surface area contributed by atoms with Crippen LogP contribution in [0, 0.1) is 0 Å². The average Bonchev–Trinajstić information content (AvgIpc) is 4.50. The molecule has 8 aromatic heterocycles. The summed E-state index contributed by atoms with van der Waals surface area (Å²) in [7, 11) is 0. The Kier molecular flexibility index (Phi) is 16.7. The Morgan fingerprint density at radius 2 is 1.02 bits per heavy atom. The summed E-state index contributed by atoms with van der Waals surface area (Å²) in [5.41, 5.74) is 5.35. The smallest absolute Gasteiger partial charge is 0.315 e. The SMILES string of the molecule is CC(C)n1cnc(CCNc2nc(N[C@H]3CC[C@H](NC(=O)N[C@H]4CC[C@H](Nc5nc(NCCc6cn(C(C)C)cn6)nc6c5ncn6[C@@H]5C[C@H](n6ncc(CO)n6)[C@@H](O)[C@H]5O)CC4)CC3)c3ncn([C@H]4CC[C@@H](n5ncc(CO)n5)C4)c3n2)c1. The second-order valence-electron chi connectivity index (χ2n) is 23.7. The first-order valence-electron chi connectivity index (χ1n) is 29.8. The van der Waals surface area contributed by atoms with Gasteiger partial charge in [0.25, 0.3) is 0 Å². The molecular weight excluding hydrogens is 1080 g/mol. The maximum atomic E-state index is 13.6. The van der Waals surface area contributed by atoms with Gasteiger partial charge in [-0.1, -0.05) is 0 Å². The van der Waals surface area contributed by atoms with Crippen molar-refractivity contribution in [2.45, 2.75) is 203 Å². The van der Waals surface area contributed by atoms with Crippen LogP contribution in [0.1, 0.15) is 164 Å². The lowest BCUT2D eigenvalue weighted by Crippen LogP contribution is -2.49. The number of carbonyl (C=O) groups excluding carboxylic acids is 1. The molecule has 6 atom stereocenters. The zero-order valence-electron chi connectivity index (χ0n) is 48.0. The molecule has 4 saturated carbocycles. The van der Waals surface area contributed by atoms with E-state index in [2.05, 4.69) is 110 Å². The minimum Gasteiger partial charge on any atom is -0.390 e. The van der Waals surface area contributed by atoms with Crippen LogP contribution in [0.2, 0.25) is 0 Å². The second kappa shape index (κ2) is 24.7. The van der Waals surface area contributed by atoms with Gasteiger partial charge in [-0.15, -0.1) is 0 Å². The highest BCUT2D eigenvalue weighted by Crippen LogP contribution is 2.41. The van der Waals surface area contributed by atoms with Gasteiger partial charge in [0.15, 0.2) is 34.0 Å². The monoisotopic (exact) mass is 1150 g/mol. The summed E-state index contributed by atoms with van der Waals surface area (Å²) in [6.07, 6.45) is 22.7. The number of anilines is 4. The molecule has 0 saturated heterocycles. The number of imidazole rings is 4. The quantitative estimate of drug-likeness (QED) is 0.0452. The number of aromatic nitrogens is 18.